The van der Waals surface area contributed by atoms with Crippen LogP contribution in [0.1, 0.15) is 19.8 Å². The summed E-state index contributed by atoms with van der Waals surface area (Å²) in [7, 11) is 1.39. The van der Waals surface area contributed by atoms with E-state index in [1.54, 1.807) is 37.4 Å². The molecule has 1 unspecified atom stereocenters. The predicted octanol–water partition coefficient (Wildman–Crippen LogP) is 1.56. The number of amides is 2. The molecular weight excluding hydrogens is 386 g/mol. The zero-order valence-electron chi connectivity index (χ0n) is 16.3. The fourth-order valence-electron chi connectivity index (χ4n) is 2.24. The van der Waals surface area contributed by atoms with Crippen molar-refractivity contribution in [2.75, 3.05) is 37.6 Å². The third kappa shape index (κ3) is 8.49. The van der Waals surface area contributed by atoms with E-state index in [2.05, 4.69) is 10.6 Å². The lowest BCUT2D eigenvalue weighted by Gasteiger charge is -2.26. The van der Waals surface area contributed by atoms with Crippen LogP contribution in [0.2, 0.25) is 0 Å². The number of ether oxygens (including phenoxy) is 1. The van der Waals surface area contributed by atoms with Crippen LogP contribution in [-0.4, -0.2) is 66.4 Å². The smallest absolute Gasteiger partial charge is 0.303 e. The van der Waals surface area contributed by atoms with Crippen LogP contribution in [0.5, 0.6) is 5.75 Å². The van der Waals surface area contributed by atoms with E-state index in [4.69, 9.17) is 14.7 Å². The Balaban J connectivity index is 2.74. The molecule has 3 N–H and O–H groups in total. The summed E-state index contributed by atoms with van der Waals surface area (Å²) < 4.78 is 5.47. The Labute approximate surface area is 168 Å². The zero-order chi connectivity index (χ0) is 20.9. The molecule has 0 spiro atoms. The van der Waals surface area contributed by atoms with Crippen LogP contribution in [0.15, 0.2) is 24.3 Å². The van der Waals surface area contributed by atoms with Crippen molar-refractivity contribution in [3.05, 3.63) is 24.3 Å². The summed E-state index contributed by atoms with van der Waals surface area (Å²) >= 11 is 1.35. The van der Waals surface area contributed by atoms with E-state index in [-0.39, 0.29) is 18.1 Å². The van der Waals surface area contributed by atoms with Crippen molar-refractivity contribution in [1.82, 2.24) is 10.4 Å². The summed E-state index contributed by atoms with van der Waals surface area (Å²) in [4.78, 5) is 40.1. The highest BCUT2D eigenvalue weighted by Gasteiger charge is 2.25. The van der Waals surface area contributed by atoms with Crippen molar-refractivity contribution >= 4 is 35.2 Å². The van der Waals surface area contributed by atoms with Crippen molar-refractivity contribution in [3.8, 4) is 5.75 Å². The molecule has 0 fully saturated rings. The average molecular weight is 413 g/mol. The van der Waals surface area contributed by atoms with Gasteiger partial charge in [-0.2, -0.15) is 11.8 Å². The highest BCUT2D eigenvalue weighted by atomic mass is 32.2. The molecule has 10 heteroatoms. The molecule has 2 amide bonds. The van der Waals surface area contributed by atoms with Crippen LogP contribution in [-0.2, 0) is 19.2 Å². The SMILES string of the molecule is CCN(OC)C(=O)C(NC(=O)CSC)Nc1ccc(OCCCC(=O)O)cc1. The maximum absolute atomic E-state index is 12.6. The van der Waals surface area contributed by atoms with E-state index in [1.807, 2.05) is 0 Å². The lowest BCUT2D eigenvalue weighted by atomic mass is 10.2. The number of hydrogen-bond acceptors (Lipinski definition) is 7. The van der Waals surface area contributed by atoms with Gasteiger partial charge in [0, 0.05) is 18.7 Å². The number of aliphatic carboxylic acids is 1. The first-order valence-corrected chi connectivity index (χ1v) is 10.2. The van der Waals surface area contributed by atoms with E-state index >= 15 is 0 Å². The monoisotopic (exact) mass is 413 g/mol. The number of thioether (sulfide) groups is 1. The molecule has 9 nitrogen and oxygen atoms in total. The quantitative estimate of drug-likeness (QED) is 0.253. The van der Waals surface area contributed by atoms with Gasteiger partial charge in [0.25, 0.3) is 5.91 Å². The van der Waals surface area contributed by atoms with Crippen LogP contribution >= 0.6 is 11.8 Å². The van der Waals surface area contributed by atoms with Crippen molar-refractivity contribution in [3.63, 3.8) is 0 Å². The Morgan fingerprint density at radius 2 is 1.93 bits per heavy atom. The van der Waals surface area contributed by atoms with Gasteiger partial charge in [-0.15, -0.1) is 0 Å². The van der Waals surface area contributed by atoms with Gasteiger partial charge in [0.15, 0.2) is 6.17 Å². The minimum Gasteiger partial charge on any atom is -0.494 e. The molecule has 0 bridgehead atoms. The molecule has 0 saturated heterocycles. The Morgan fingerprint density at radius 3 is 2.46 bits per heavy atom. The molecule has 0 saturated carbocycles. The Morgan fingerprint density at radius 1 is 1.25 bits per heavy atom. The first-order valence-electron chi connectivity index (χ1n) is 8.76. The molecule has 156 valence electrons. The van der Waals surface area contributed by atoms with E-state index in [0.717, 1.165) is 5.06 Å². The number of benzene rings is 1. The summed E-state index contributed by atoms with van der Waals surface area (Å²) in [5, 5.41) is 15.4. The summed E-state index contributed by atoms with van der Waals surface area (Å²) in [6, 6.07) is 6.80. The largest absolute Gasteiger partial charge is 0.494 e. The molecule has 0 aliphatic heterocycles. The molecular formula is C18H27N3O6S. The van der Waals surface area contributed by atoms with Gasteiger partial charge in [-0.25, -0.2) is 5.06 Å². The summed E-state index contributed by atoms with van der Waals surface area (Å²) in [6.07, 6.45) is 1.28. The average Bonchev–Trinajstić information content (AvgIpc) is 2.67. The normalized spacial score (nSPS) is 11.4. The number of rotatable bonds is 13. The Bertz CT molecular complexity index is 637. The van der Waals surface area contributed by atoms with E-state index in [9.17, 15) is 14.4 Å². The van der Waals surface area contributed by atoms with Gasteiger partial charge < -0.3 is 20.5 Å². The second-order valence-corrected chi connectivity index (χ2v) is 6.53. The van der Waals surface area contributed by atoms with Gasteiger partial charge in [0.1, 0.15) is 5.75 Å². The minimum absolute atomic E-state index is 0.0482. The number of nitrogens with one attached hydrogen (secondary N) is 2. The number of carbonyl (C=O) groups excluding carboxylic acids is 2. The highest BCUT2D eigenvalue weighted by Crippen LogP contribution is 2.17. The van der Waals surface area contributed by atoms with Crippen LogP contribution < -0.4 is 15.4 Å². The number of likely N-dealkylation sites (N-methyl/N-ethyl adjacent to an activating group) is 1. The Kier molecular flexibility index (Phi) is 10.8. The lowest BCUT2D eigenvalue weighted by Crippen LogP contribution is -2.52. The third-order valence-corrected chi connectivity index (χ3v) is 4.10. The van der Waals surface area contributed by atoms with Crippen molar-refractivity contribution in [1.29, 1.82) is 0 Å². The number of carboxylic acids is 1. The molecule has 0 heterocycles. The molecule has 1 aromatic carbocycles. The number of hydroxylamine groups is 2. The molecule has 1 atom stereocenters. The van der Waals surface area contributed by atoms with E-state index in [1.165, 1.54) is 18.9 Å². The molecule has 0 radical (unpaired) electrons. The van der Waals surface area contributed by atoms with Crippen molar-refractivity contribution in [2.45, 2.75) is 25.9 Å². The fraction of sp³-hybridized carbons (Fsp3) is 0.500. The van der Waals surface area contributed by atoms with Crippen LogP contribution in [0.25, 0.3) is 0 Å². The maximum Gasteiger partial charge on any atom is 0.303 e. The van der Waals surface area contributed by atoms with E-state index < -0.39 is 18.0 Å². The van der Waals surface area contributed by atoms with Crippen molar-refractivity contribution < 1.29 is 29.1 Å². The summed E-state index contributed by atoms with van der Waals surface area (Å²) in [5.74, 6) is -0.748. The number of carbonyl (C=O) groups is 3. The standard InChI is InChI=1S/C18H27N3O6S/c1-4-21(26-2)18(25)17(20-15(22)12-28-3)19-13-7-9-14(10-8-13)27-11-5-6-16(23)24/h7-10,17,19H,4-6,11-12H2,1-3H3,(H,20,22)(H,23,24). The highest BCUT2D eigenvalue weighted by molar-refractivity contribution is 7.99. The maximum atomic E-state index is 12.6. The van der Waals surface area contributed by atoms with Crippen LogP contribution in [0, 0.1) is 0 Å². The second kappa shape index (κ2) is 12.8. The molecule has 0 aliphatic rings. The molecule has 28 heavy (non-hydrogen) atoms. The fourth-order valence-corrected chi connectivity index (χ4v) is 2.59. The van der Waals surface area contributed by atoms with Gasteiger partial charge in [-0.1, -0.05) is 0 Å². The zero-order valence-corrected chi connectivity index (χ0v) is 17.1. The summed E-state index contributed by atoms with van der Waals surface area (Å²) in [5.41, 5.74) is 0.604. The predicted molar refractivity (Wildman–Crippen MR) is 107 cm³/mol. The topological polar surface area (TPSA) is 117 Å². The molecule has 0 aromatic heterocycles. The van der Waals surface area contributed by atoms with Gasteiger partial charge in [0.05, 0.1) is 19.5 Å². The van der Waals surface area contributed by atoms with Crippen LogP contribution in [0.4, 0.5) is 5.69 Å². The lowest BCUT2D eigenvalue weighted by molar-refractivity contribution is -0.176. The van der Waals surface area contributed by atoms with Crippen molar-refractivity contribution in [2.24, 2.45) is 0 Å². The van der Waals surface area contributed by atoms with Gasteiger partial charge in [-0.05, 0) is 43.9 Å². The van der Waals surface area contributed by atoms with Gasteiger partial charge >= 0.3 is 5.97 Å². The number of hydrogen-bond donors (Lipinski definition) is 3. The van der Waals surface area contributed by atoms with Crippen LogP contribution in [0.3, 0.4) is 0 Å². The van der Waals surface area contributed by atoms with E-state index in [0.29, 0.717) is 31.0 Å². The first-order chi connectivity index (χ1) is 13.4. The number of anilines is 1. The summed E-state index contributed by atoms with van der Waals surface area (Å²) in [6.45, 7) is 2.39. The van der Waals surface area contributed by atoms with Gasteiger partial charge in [0.2, 0.25) is 5.91 Å². The first kappa shape index (κ1) is 23.6. The Hall–Kier alpha value is -2.46. The molecule has 0 aliphatic carbocycles. The number of nitrogens with zero attached hydrogens (tertiary/aromatic N) is 1. The molecule has 1 aromatic rings. The second-order valence-electron chi connectivity index (χ2n) is 5.66. The van der Waals surface area contributed by atoms with Gasteiger partial charge in [-0.3, -0.25) is 19.2 Å². The minimum atomic E-state index is -0.984. The third-order valence-electron chi connectivity index (χ3n) is 3.55. The molecule has 1 rings (SSSR count). The number of carboxylic acid groups (broad SMARTS) is 1.